The number of nitrogens with zero attached hydrogens (tertiary/aromatic N) is 1. The second-order valence-electron chi connectivity index (χ2n) is 5.91. The largest absolute Gasteiger partial charge is 0.454 e. The molecule has 1 unspecified atom stereocenters. The number of rotatable bonds is 2. The lowest BCUT2D eigenvalue weighted by Crippen LogP contribution is -2.55. The summed E-state index contributed by atoms with van der Waals surface area (Å²) in [7, 11) is 0. The zero-order valence-corrected chi connectivity index (χ0v) is 12.9. The van der Waals surface area contributed by atoms with Crippen LogP contribution < -0.4 is 9.47 Å². The van der Waals surface area contributed by atoms with Crippen molar-refractivity contribution in [2.24, 2.45) is 0 Å². The molecule has 21 heavy (non-hydrogen) atoms. The Morgan fingerprint density at radius 2 is 2.14 bits per heavy atom. The van der Waals surface area contributed by atoms with Crippen molar-refractivity contribution in [1.29, 1.82) is 0 Å². The Bertz CT molecular complexity index is 561. The van der Waals surface area contributed by atoms with Gasteiger partial charge >= 0.3 is 0 Å². The number of carbonyl (C=O) groups excluding carboxylic acids is 1. The van der Waals surface area contributed by atoms with Gasteiger partial charge in [-0.3, -0.25) is 4.79 Å². The zero-order chi connectivity index (χ0) is 15.0. The van der Waals surface area contributed by atoms with Gasteiger partial charge in [0, 0.05) is 18.7 Å². The first kappa shape index (κ1) is 14.5. The molecular weight excluding hydrogens is 294 g/mol. The van der Waals surface area contributed by atoms with Gasteiger partial charge in [-0.05, 0) is 32.0 Å². The van der Waals surface area contributed by atoms with E-state index in [0.29, 0.717) is 36.0 Å². The monoisotopic (exact) mass is 311 g/mol. The quantitative estimate of drug-likeness (QED) is 0.786. The van der Waals surface area contributed by atoms with Crippen LogP contribution in [0.25, 0.3) is 0 Å². The smallest absolute Gasteiger partial charge is 0.254 e. The lowest BCUT2D eigenvalue weighted by atomic mass is 10.0. The van der Waals surface area contributed by atoms with E-state index in [1.807, 2.05) is 13.8 Å². The van der Waals surface area contributed by atoms with E-state index in [1.54, 1.807) is 23.1 Å². The molecule has 114 valence electrons. The summed E-state index contributed by atoms with van der Waals surface area (Å²) < 4.78 is 16.4. The van der Waals surface area contributed by atoms with E-state index in [4.69, 9.17) is 25.8 Å². The first-order chi connectivity index (χ1) is 9.98. The molecule has 5 nitrogen and oxygen atoms in total. The van der Waals surface area contributed by atoms with E-state index in [2.05, 4.69) is 0 Å². The van der Waals surface area contributed by atoms with Gasteiger partial charge in [0.2, 0.25) is 6.79 Å². The maximum atomic E-state index is 12.7. The van der Waals surface area contributed by atoms with Gasteiger partial charge in [0.1, 0.15) is 0 Å². The predicted molar refractivity (Wildman–Crippen MR) is 78.1 cm³/mol. The molecule has 2 heterocycles. The maximum absolute atomic E-state index is 12.7. The Labute approximate surface area is 128 Å². The van der Waals surface area contributed by atoms with E-state index >= 15 is 0 Å². The highest BCUT2D eigenvalue weighted by Gasteiger charge is 2.35. The highest BCUT2D eigenvalue weighted by atomic mass is 35.5. The highest BCUT2D eigenvalue weighted by molar-refractivity contribution is 6.18. The molecule has 0 spiro atoms. The van der Waals surface area contributed by atoms with Crippen LogP contribution in [0.1, 0.15) is 24.2 Å². The molecule has 0 aromatic heterocycles. The van der Waals surface area contributed by atoms with Crippen LogP contribution in [0, 0.1) is 0 Å². The number of halogens is 1. The minimum atomic E-state index is -0.399. The van der Waals surface area contributed by atoms with Gasteiger partial charge in [-0.15, -0.1) is 11.6 Å². The number of fused-ring (bicyclic) bond motifs is 1. The van der Waals surface area contributed by atoms with Crippen molar-refractivity contribution in [2.75, 3.05) is 25.8 Å². The van der Waals surface area contributed by atoms with Crippen LogP contribution in [0.15, 0.2) is 18.2 Å². The molecule has 1 fully saturated rings. The number of hydrogen-bond acceptors (Lipinski definition) is 4. The SMILES string of the molecule is CC1(C)CN(C(=O)c2ccc3c(c2)OCO3)CC(CCl)O1. The fraction of sp³-hybridized carbons (Fsp3) is 0.533. The summed E-state index contributed by atoms with van der Waals surface area (Å²) in [5.74, 6) is 1.61. The number of carbonyl (C=O) groups is 1. The number of amides is 1. The molecule has 1 atom stereocenters. The van der Waals surface area contributed by atoms with E-state index in [1.165, 1.54) is 0 Å². The minimum Gasteiger partial charge on any atom is -0.454 e. The van der Waals surface area contributed by atoms with Crippen molar-refractivity contribution in [3.63, 3.8) is 0 Å². The molecule has 0 saturated carbocycles. The number of hydrogen-bond donors (Lipinski definition) is 0. The van der Waals surface area contributed by atoms with E-state index in [-0.39, 0.29) is 18.8 Å². The molecule has 2 aliphatic heterocycles. The third kappa shape index (κ3) is 2.94. The summed E-state index contributed by atoms with van der Waals surface area (Å²) in [5.41, 5.74) is 0.189. The fourth-order valence-corrected chi connectivity index (χ4v) is 2.90. The molecule has 1 amide bonds. The molecule has 2 aliphatic rings. The fourth-order valence-electron chi connectivity index (χ4n) is 2.74. The summed E-state index contributed by atoms with van der Waals surface area (Å²) in [6.45, 7) is 5.16. The molecule has 0 aliphatic carbocycles. The number of ether oxygens (including phenoxy) is 3. The molecule has 0 radical (unpaired) electrons. The number of morpholine rings is 1. The van der Waals surface area contributed by atoms with Crippen molar-refractivity contribution in [1.82, 2.24) is 4.90 Å². The predicted octanol–water partition coefficient (Wildman–Crippen LogP) is 2.27. The van der Waals surface area contributed by atoms with Gasteiger partial charge in [-0.2, -0.15) is 0 Å². The van der Waals surface area contributed by atoms with Crippen LogP contribution in [0.2, 0.25) is 0 Å². The van der Waals surface area contributed by atoms with Gasteiger partial charge < -0.3 is 19.1 Å². The number of benzene rings is 1. The van der Waals surface area contributed by atoms with Crippen molar-refractivity contribution < 1.29 is 19.0 Å². The normalized spacial score (nSPS) is 23.2. The second-order valence-corrected chi connectivity index (χ2v) is 6.22. The van der Waals surface area contributed by atoms with Gasteiger partial charge in [-0.1, -0.05) is 0 Å². The van der Waals surface area contributed by atoms with Crippen LogP contribution in [-0.2, 0) is 4.74 Å². The van der Waals surface area contributed by atoms with Crippen LogP contribution >= 0.6 is 11.6 Å². The third-order valence-electron chi connectivity index (χ3n) is 3.56. The first-order valence-electron chi connectivity index (χ1n) is 6.91. The molecule has 3 rings (SSSR count). The van der Waals surface area contributed by atoms with E-state index in [9.17, 15) is 4.79 Å². The van der Waals surface area contributed by atoms with Crippen molar-refractivity contribution >= 4 is 17.5 Å². The Kier molecular flexibility index (Phi) is 3.71. The Balaban J connectivity index is 1.81. The van der Waals surface area contributed by atoms with Crippen molar-refractivity contribution in [2.45, 2.75) is 25.6 Å². The molecule has 6 heteroatoms. The van der Waals surface area contributed by atoms with E-state index < -0.39 is 5.60 Å². The summed E-state index contributed by atoms with van der Waals surface area (Å²) in [5, 5.41) is 0. The average molecular weight is 312 g/mol. The average Bonchev–Trinajstić information content (AvgIpc) is 2.92. The molecule has 1 saturated heterocycles. The highest BCUT2D eigenvalue weighted by Crippen LogP contribution is 2.33. The molecular formula is C15H18ClNO4. The van der Waals surface area contributed by atoms with Crippen LogP contribution in [-0.4, -0.2) is 48.3 Å². The minimum absolute atomic E-state index is 0.0419. The Morgan fingerprint density at radius 3 is 2.90 bits per heavy atom. The topological polar surface area (TPSA) is 48.0 Å². The molecule has 1 aromatic rings. The Hall–Kier alpha value is -1.46. The summed E-state index contributed by atoms with van der Waals surface area (Å²) >= 11 is 5.90. The van der Waals surface area contributed by atoms with Crippen molar-refractivity contribution in [3.8, 4) is 11.5 Å². The third-order valence-corrected chi connectivity index (χ3v) is 3.90. The first-order valence-corrected chi connectivity index (χ1v) is 7.45. The summed E-state index contributed by atoms with van der Waals surface area (Å²) in [4.78, 5) is 14.5. The standard InChI is InChI=1S/C15H18ClNO4/c1-15(2)8-17(7-11(6-16)21-15)14(18)10-3-4-12-13(5-10)20-9-19-12/h3-5,11H,6-9H2,1-2H3. The second kappa shape index (κ2) is 5.39. The lowest BCUT2D eigenvalue weighted by Gasteiger charge is -2.42. The summed E-state index contributed by atoms with van der Waals surface area (Å²) in [6, 6.07) is 5.25. The van der Waals surface area contributed by atoms with Gasteiger partial charge in [0.05, 0.1) is 17.6 Å². The van der Waals surface area contributed by atoms with Crippen molar-refractivity contribution in [3.05, 3.63) is 23.8 Å². The lowest BCUT2D eigenvalue weighted by molar-refractivity contribution is -0.117. The molecule has 0 N–H and O–H groups in total. The van der Waals surface area contributed by atoms with Gasteiger partial charge in [0.25, 0.3) is 5.91 Å². The molecule has 1 aromatic carbocycles. The zero-order valence-electron chi connectivity index (χ0n) is 12.1. The van der Waals surface area contributed by atoms with Gasteiger partial charge in [0.15, 0.2) is 11.5 Å². The van der Waals surface area contributed by atoms with E-state index in [0.717, 1.165) is 0 Å². The van der Waals surface area contributed by atoms with Crippen LogP contribution in [0.5, 0.6) is 11.5 Å². The maximum Gasteiger partial charge on any atom is 0.254 e. The van der Waals surface area contributed by atoms with Crippen LogP contribution in [0.4, 0.5) is 0 Å². The number of alkyl halides is 1. The Morgan fingerprint density at radius 1 is 1.38 bits per heavy atom. The molecule has 0 bridgehead atoms. The van der Waals surface area contributed by atoms with Crippen LogP contribution in [0.3, 0.4) is 0 Å². The summed E-state index contributed by atoms with van der Waals surface area (Å²) in [6.07, 6.45) is -0.145. The van der Waals surface area contributed by atoms with Gasteiger partial charge in [-0.25, -0.2) is 0 Å².